The molecule has 1 unspecified atom stereocenters. The summed E-state index contributed by atoms with van der Waals surface area (Å²) in [4.78, 5) is 27.6. The molecule has 3 heterocycles. The molecule has 6 nitrogen and oxygen atoms in total. The smallest absolute Gasteiger partial charge is 0.262 e. The number of para-hydroxylation sites is 1. The van der Waals surface area contributed by atoms with E-state index in [0.29, 0.717) is 24.2 Å². The van der Waals surface area contributed by atoms with E-state index in [2.05, 4.69) is 15.7 Å². The van der Waals surface area contributed by atoms with Gasteiger partial charge in [0.15, 0.2) is 0 Å². The molecule has 154 valence electrons. The Labute approximate surface area is 183 Å². The zero-order chi connectivity index (χ0) is 20.9. The lowest BCUT2D eigenvalue weighted by atomic mass is 10.1. The van der Waals surface area contributed by atoms with Crippen molar-refractivity contribution in [3.8, 4) is 0 Å². The first-order valence-corrected chi connectivity index (χ1v) is 11.5. The van der Waals surface area contributed by atoms with Crippen LogP contribution in [0.5, 0.6) is 0 Å². The Morgan fingerprint density at radius 1 is 1.10 bits per heavy atom. The summed E-state index contributed by atoms with van der Waals surface area (Å²) in [5.74, 6) is -0.297. The van der Waals surface area contributed by atoms with Crippen LogP contribution in [0.3, 0.4) is 0 Å². The summed E-state index contributed by atoms with van der Waals surface area (Å²) < 4.78 is 0. The van der Waals surface area contributed by atoms with Crippen molar-refractivity contribution in [2.75, 3.05) is 18.4 Å². The van der Waals surface area contributed by atoms with Crippen LogP contribution in [-0.4, -0.2) is 35.6 Å². The van der Waals surface area contributed by atoms with E-state index in [1.54, 1.807) is 39.8 Å². The maximum Gasteiger partial charge on any atom is 0.262 e. The molecule has 1 aromatic carbocycles. The van der Waals surface area contributed by atoms with Crippen LogP contribution in [0.4, 0.5) is 5.69 Å². The number of rotatable bonds is 7. The molecular weight excluding hydrogens is 416 g/mol. The summed E-state index contributed by atoms with van der Waals surface area (Å²) in [5, 5.41) is 16.2. The molecule has 0 fully saturated rings. The van der Waals surface area contributed by atoms with E-state index in [9.17, 15) is 9.59 Å². The molecule has 0 radical (unpaired) electrons. The zero-order valence-corrected chi connectivity index (χ0v) is 18.1. The van der Waals surface area contributed by atoms with Crippen molar-refractivity contribution in [1.82, 2.24) is 10.3 Å². The average molecular weight is 439 g/mol. The van der Waals surface area contributed by atoms with E-state index in [1.807, 2.05) is 54.1 Å². The van der Waals surface area contributed by atoms with Gasteiger partial charge >= 0.3 is 0 Å². The Bertz CT molecular complexity index is 1050. The quantitative estimate of drug-likeness (QED) is 0.576. The van der Waals surface area contributed by atoms with Gasteiger partial charge in [-0.1, -0.05) is 24.3 Å². The van der Waals surface area contributed by atoms with E-state index < -0.39 is 0 Å². The molecule has 0 aliphatic carbocycles. The highest BCUT2D eigenvalue weighted by Gasteiger charge is 2.33. The normalized spacial score (nSPS) is 15.7. The van der Waals surface area contributed by atoms with Crippen LogP contribution in [0.1, 0.15) is 39.5 Å². The molecule has 0 bridgehead atoms. The fourth-order valence-corrected chi connectivity index (χ4v) is 4.91. The maximum absolute atomic E-state index is 13.1. The van der Waals surface area contributed by atoms with Gasteiger partial charge in [0.25, 0.3) is 11.8 Å². The van der Waals surface area contributed by atoms with Crippen LogP contribution < -0.4 is 10.6 Å². The van der Waals surface area contributed by atoms with E-state index in [1.165, 1.54) is 0 Å². The number of amides is 2. The predicted molar refractivity (Wildman–Crippen MR) is 122 cm³/mol. The number of carbonyl (C=O) groups is 2. The highest BCUT2D eigenvalue weighted by molar-refractivity contribution is 7.12. The SMILES string of the molecule is CCNC(=O)c1ccccc1NCC(=O)N1N=C(c2cccs2)CC1c1cccs1. The van der Waals surface area contributed by atoms with Gasteiger partial charge in [0.1, 0.15) is 0 Å². The van der Waals surface area contributed by atoms with Crippen molar-refractivity contribution in [1.29, 1.82) is 0 Å². The van der Waals surface area contributed by atoms with Crippen molar-refractivity contribution < 1.29 is 9.59 Å². The molecule has 3 aromatic rings. The lowest BCUT2D eigenvalue weighted by Gasteiger charge is -2.21. The minimum Gasteiger partial charge on any atom is -0.375 e. The molecule has 0 saturated carbocycles. The zero-order valence-electron chi connectivity index (χ0n) is 16.5. The number of nitrogens with zero attached hydrogens (tertiary/aromatic N) is 2. The van der Waals surface area contributed by atoms with Crippen molar-refractivity contribution in [3.05, 3.63) is 74.6 Å². The van der Waals surface area contributed by atoms with Gasteiger partial charge in [0.05, 0.1) is 28.7 Å². The van der Waals surface area contributed by atoms with Gasteiger partial charge in [-0.2, -0.15) is 5.10 Å². The summed E-state index contributed by atoms with van der Waals surface area (Å²) in [6, 6.07) is 15.2. The Balaban J connectivity index is 1.52. The standard InChI is InChI=1S/C22H22N4O2S2/c1-2-23-22(28)15-7-3-4-8-16(15)24-14-21(27)26-18(20-10-6-12-30-20)13-17(25-26)19-9-5-11-29-19/h3-12,18,24H,2,13-14H2,1H3,(H,23,28). The van der Waals surface area contributed by atoms with Crippen LogP contribution >= 0.6 is 22.7 Å². The first kappa shape index (κ1) is 20.3. The topological polar surface area (TPSA) is 73.8 Å². The van der Waals surface area contributed by atoms with Crippen LogP contribution in [0, 0.1) is 0 Å². The van der Waals surface area contributed by atoms with Crippen molar-refractivity contribution in [2.45, 2.75) is 19.4 Å². The van der Waals surface area contributed by atoms with E-state index in [0.717, 1.165) is 15.5 Å². The van der Waals surface area contributed by atoms with E-state index >= 15 is 0 Å². The molecule has 30 heavy (non-hydrogen) atoms. The van der Waals surface area contributed by atoms with Crippen molar-refractivity contribution >= 4 is 45.9 Å². The summed E-state index contributed by atoms with van der Waals surface area (Å²) in [5.41, 5.74) is 2.08. The van der Waals surface area contributed by atoms with Crippen LogP contribution in [-0.2, 0) is 4.79 Å². The van der Waals surface area contributed by atoms with Gasteiger partial charge in [-0.25, -0.2) is 5.01 Å². The molecular formula is C22H22N4O2S2. The second kappa shape index (κ2) is 9.23. The first-order valence-electron chi connectivity index (χ1n) is 9.75. The maximum atomic E-state index is 13.1. The predicted octanol–water partition coefficient (Wildman–Crippen LogP) is 4.35. The van der Waals surface area contributed by atoms with Gasteiger partial charge in [-0.05, 0) is 41.9 Å². The summed E-state index contributed by atoms with van der Waals surface area (Å²) in [7, 11) is 0. The average Bonchev–Trinajstić information content (AvgIpc) is 3.53. The minimum absolute atomic E-state index is 0.0551. The van der Waals surface area contributed by atoms with Crippen LogP contribution in [0.25, 0.3) is 0 Å². The van der Waals surface area contributed by atoms with Gasteiger partial charge in [0, 0.05) is 23.5 Å². The third-order valence-electron chi connectivity index (χ3n) is 4.78. The summed E-state index contributed by atoms with van der Waals surface area (Å²) in [6.07, 6.45) is 0.697. The second-order valence-electron chi connectivity index (χ2n) is 6.76. The molecule has 2 aromatic heterocycles. The fourth-order valence-electron chi connectivity index (χ4n) is 3.38. The number of anilines is 1. The summed E-state index contributed by atoms with van der Waals surface area (Å²) in [6.45, 7) is 2.47. The number of thiophene rings is 2. The molecule has 1 atom stereocenters. The molecule has 0 saturated heterocycles. The first-order chi connectivity index (χ1) is 14.7. The van der Waals surface area contributed by atoms with Crippen LogP contribution in [0.15, 0.2) is 64.4 Å². The van der Waals surface area contributed by atoms with Crippen LogP contribution in [0.2, 0.25) is 0 Å². The minimum atomic E-state index is -0.163. The van der Waals surface area contributed by atoms with Crippen molar-refractivity contribution in [2.24, 2.45) is 5.10 Å². The summed E-state index contributed by atoms with van der Waals surface area (Å²) >= 11 is 3.26. The second-order valence-corrected chi connectivity index (χ2v) is 8.68. The largest absolute Gasteiger partial charge is 0.375 e. The highest BCUT2D eigenvalue weighted by atomic mass is 32.1. The van der Waals surface area contributed by atoms with Gasteiger partial charge in [-0.3, -0.25) is 9.59 Å². The number of nitrogens with one attached hydrogen (secondary N) is 2. The Morgan fingerprint density at radius 3 is 2.63 bits per heavy atom. The van der Waals surface area contributed by atoms with Gasteiger partial charge in [-0.15, -0.1) is 22.7 Å². The number of hydrazone groups is 1. The number of benzene rings is 1. The molecule has 0 spiro atoms. The molecule has 8 heteroatoms. The molecule has 4 rings (SSSR count). The third-order valence-corrected chi connectivity index (χ3v) is 6.67. The number of carbonyl (C=O) groups excluding carboxylic acids is 2. The fraction of sp³-hybridized carbons (Fsp3) is 0.227. The Morgan fingerprint density at radius 2 is 1.90 bits per heavy atom. The third kappa shape index (κ3) is 4.29. The molecule has 1 aliphatic heterocycles. The Hall–Kier alpha value is -2.97. The van der Waals surface area contributed by atoms with Gasteiger partial charge < -0.3 is 10.6 Å². The molecule has 2 N–H and O–H groups in total. The van der Waals surface area contributed by atoms with Gasteiger partial charge in [0.2, 0.25) is 0 Å². The van der Waals surface area contributed by atoms with E-state index in [4.69, 9.17) is 0 Å². The lowest BCUT2D eigenvalue weighted by Crippen LogP contribution is -2.32. The Kier molecular flexibility index (Phi) is 6.25. The molecule has 1 aliphatic rings. The lowest BCUT2D eigenvalue weighted by molar-refractivity contribution is -0.131. The highest BCUT2D eigenvalue weighted by Crippen LogP contribution is 2.35. The monoisotopic (exact) mass is 438 g/mol. The molecule has 2 amide bonds. The number of hydrogen-bond acceptors (Lipinski definition) is 6. The van der Waals surface area contributed by atoms with E-state index in [-0.39, 0.29) is 24.4 Å². The van der Waals surface area contributed by atoms with Crippen molar-refractivity contribution in [3.63, 3.8) is 0 Å². The number of hydrogen-bond donors (Lipinski definition) is 2.